The Labute approximate surface area is 184 Å². The normalized spacial score (nSPS) is 15.8. The average molecular weight is 467 g/mol. The molecule has 6 heteroatoms. The third kappa shape index (κ3) is 3.35. The molecule has 2 heterocycles. The zero-order chi connectivity index (χ0) is 21.4. The SMILES string of the molecule is CCCCN1C(=O)C2=C(c3ccc(Br)c(OC)c3)NC(=O)C2=C1c1ccc(C)cc1. The molecule has 154 valence electrons. The molecule has 0 bridgehead atoms. The molecule has 5 nitrogen and oxygen atoms in total. The minimum Gasteiger partial charge on any atom is -0.496 e. The van der Waals surface area contributed by atoms with Crippen molar-refractivity contribution in [3.05, 3.63) is 74.8 Å². The molecule has 2 aliphatic rings. The lowest BCUT2D eigenvalue weighted by Gasteiger charge is -2.21. The maximum atomic E-state index is 13.5. The number of nitrogens with zero attached hydrogens (tertiary/aromatic N) is 1. The van der Waals surface area contributed by atoms with Crippen molar-refractivity contribution in [2.45, 2.75) is 26.7 Å². The number of carbonyl (C=O) groups is 2. The van der Waals surface area contributed by atoms with E-state index in [1.165, 1.54) is 0 Å². The Kier molecular flexibility index (Phi) is 5.52. The number of amides is 2. The van der Waals surface area contributed by atoms with Crippen molar-refractivity contribution >= 4 is 39.1 Å². The summed E-state index contributed by atoms with van der Waals surface area (Å²) in [5, 5.41) is 2.93. The number of aryl methyl sites for hydroxylation is 1. The molecule has 0 saturated heterocycles. The van der Waals surface area contributed by atoms with Crippen molar-refractivity contribution < 1.29 is 14.3 Å². The van der Waals surface area contributed by atoms with E-state index in [-0.39, 0.29) is 11.8 Å². The highest BCUT2D eigenvalue weighted by Crippen LogP contribution is 2.43. The van der Waals surface area contributed by atoms with Gasteiger partial charge in [0.1, 0.15) is 5.75 Å². The van der Waals surface area contributed by atoms with Gasteiger partial charge in [-0.05, 0) is 47.0 Å². The fourth-order valence-electron chi connectivity index (χ4n) is 3.86. The summed E-state index contributed by atoms with van der Waals surface area (Å²) in [5.41, 5.74) is 4.87. The van der Waals surface area contributed by atoms with Crippen LogP contribution in [0.1, 0.15) is 36.5 Å². The molecule has 0 saturated carbocycles. The molecule has 2 aromatic rings. The second kappa shape index (κ2) is 8.11. The van der Waals surface area contributed by atoms with Gasteiger partial charge < -0.3 is 15.0 Å². The third-order valence-electron chi connectivity index (χ3n) is 5.43. The van der Waals surface area contributed by atoms with Gasteiger partial charge in [-0.15, -0.1) is 0 Å². The highest BCUT2D eigenvalue weighted by atomic mass is 79.9. The van der Waals surface area contributed by atoms with Crippen LogP contribution in [-0.2, 0) is 9.59 Å². The number of hydrogen-bond acceptors (Lipinski definition) is 3. The zero-order valence-electron chi connectivity index (χ0n) is 17.2. The molecule has 2 amide bonds. The average Bonchev–Trinajstić information content (AvgIpc) is 3.23. The van der Waals surface area contributed by atoms with E-state index in [4.69, 9.17) is 4.74 Å². The van der Waals surface area contributed by atoms with Gasteiger partial charge in [0.15, 0.2) is 0 Å². The summed E-state index contributed by atoms with van der Waals surface area (Å²) in [6.07, 6.45) is 1.83. The van der Waals surface area contributed by atoms with Crippen molar-refractivity contribution in [1.29, 1.82) is 0 Å². The lowest BCUT2D eigenvalue weighted by atomic mass is 10.0. The van der Waals surface area contributed by atoms with Gasteiger partial charge in [0.2, 0.25) is 0 Å². The largest absolute Gasteiger partial charge is 0.496 e. The Hall–Kier alpha value is -2.86. The van der Waals surface area contributed by atoms with Crippen LogP contribution < -0.4 is 10.1 Å². The van der Waals surface area contributed by atoms with Crippen molar-refractivity contribution in [2.75, 3.05) is 13.7 Å². The molecule has 30 heavy (non-hydrogen) atoms. The Morgan fingerprint density at radius 2 is 1.73 bits per heavy atom. The number of ether oxygens (including phenoxy) is 1. The van der Waals surface area contributed by atoms with E-state index in [1.807, 2.05) is 49.4 Å². The number of methoxy groups -OCH3 is 1. The number of nitrogens with one attached hydrogen (secondary N) is 1. The third-order valence-corrected chi connectivity index (χ3v) is 6.09. The topological polar surface area (TPSA) is 58.6 Å². The van der Waals surface area contributed by atoms with Crippen LogP contribution in [0.3, 0.4) is 0 Å². The molecule has 0 radical (unpaired) electrons. The van der Waals surface area contributed by atoms with Crippen LogP contribution in [0.2, 0.25) is 0 Å². The van der Waals surface area contributed by atoms with E-state index in [9.17, 15) is 9.59 Å². The number of fused-ring (bicyclic) bond motifs is 1. The zero-order valence-corrected chi connectivity index (χ0v) is 18.8. The molecular formula is C24H23BrN2O3. The van der Waals surface area contributed by atoms with E-state index in [2.05, 4.69) is 28.2 Å². The second-order valence-electron chi connectivity index (χ2n) is 7.45. The number of halogens is 1. The van der Waals surface area contributed by atoms with Crippen LogP contribution in [-0.4, -0.2) is 30.4 Å². The molecule has 1 N–H and O–H groups in total. The van der Waals surface area contributed by atoms with Gasteiger partial charge in [-0.3, -0.25) is 9.59 Å². The van der Waals surface area contributed by atoms with Crippen LogP contribution in [0, 0.1) is 6.92 Å². The standard InChI is InChI=1S/C24H23BrN2O3/c1-4-5-12-27-22(15-8-6-14(2)7-9-15)20-19(24(27)29)21(26-23(20)28)16-10-11-17(25)18(13-16)30-3/h6-11,13H,4-5,12H2,1-3H3,(H,26,28). The summed E-state index contributed by atoms with van der Waals surface area (Å²) in [7, 11) is 1.59. The van der Waals surface area contributed by atoms with Crippen LogP contribution in [0.25, 0.3) is 11.4 Å². The Bertz CT molecular complexity index is 1100. The first-order valence-corrected chi connectivity index (χ1v) is 10.8. The van der Waals surface area contributed by atoms with E-state index < -0.39 is 0 Å². The number of hydrogen-bond donors (Lipinski definition) is 1. The van der Waals surface area contributed by atoms with Crippen LogP contribution in [0.5, 0.6) is 5.75 Å². The van der Waals surface area contributed by atoms with Crippen LogP contribution in [0.15, 0.2) is 58.1 Å². The van der Waals surface area contributed by atoms with E-state index in [0.717, 1.165) is 34.0 Å². The van der Waals surface area contributed by atoms with Gasteiger partial charge in [-0.1, -0.05) is 49.2 Å². The Morgan fingerprint density at radius 1 is 1.03 bits per heavy atom. The summed E-state index contributed by atoms with van der Waals surface area (Å²) in [6.45, 7) is 4.68. The van der Waals surface area contributed by atoms with Gasteiger partial charge in [0.05, 0.1) is 34.1 Å². The number of rotatable bonds is 6. The first-order valence-electron chi connectivity index (χ1n) is 9.99. The van der Waals surface area contributed by atoms with Crippen molar-refractivity contribution in [1.82, 2.24) is 10.2 Å². The van der Waals surface area contributed by atoms with Crippen molar-refractivity contribution in [3.63, 3.8) is 0 Å². The lowest BCUT2D eigenvalue weighted by Crippen LogP contribution is -2.28. The second-order valence-corrected chi connectivity index (χ2v) is 8.31. The summed E-state index contributed by atoms with van der Waals surface area (Å²) >= 11 is 3.45. The highest BCUT2D eigenvalue weighted by molar-refractivity contribution is 9.10. The summed E-state index contributed by atoms with van der Waals surface area (Å²) < 4.78 is 6.20. The lowest BCUT2D eigenvalue weighted by molar-refractivity contribution is -0.123. The molecule has 0 spiro atoms. The minimum absolute atomic E-state index is 0.135. The maximum Gasteiger partial charge on any atom is 0.261 e. The maximum absolute atomic E-state index is 13.5. The highest BCUT2D eigenvalue weighted by Gasteiger charge is 2.45. The molecular weight excluding hydrogens is 444 g/mol. The predicted octanol–water partition coefficient (Wildman–Crippen LogP) is 4.66. The quantitative estimate of drug-likeness (QED) is 0.673. The van der Waals surface area contributed by atoms with Crippen molar-refractivity contribution in [2.24, 2.45) is 0 Å². The van der Waals surface area contributed by atoms with Gasteiger partial charge in [-0.2, -0.15) is 0 Å². The number of carbonyl (C=O) groups excluding carboxylic acids is 2. The molecule has 0 unspecified atom stereocenters. The first-order chi connectivity index (χ1) is 14.5. The smallest absolute Gasteiger partial charge is 0.261 e. The number of benzene rings is 2. The molecule has 4 rings (SSSR count). The fraction of sp³-hybridized carbons (Fsp3) is 0.250. The van der Waals surface area contributed by atoms with Crippen LogP contribution >= 0.6 is 15.9 Å². The summed E-state index contributed by atoms with van der Waals surface area (Å²) in [6, 6.07) is 13.5. The molecule has 0 fully saturated rings. The van der Waals surface area contributed by atoms with Gasteiger partial charge in [0.25, 0.3) is 11.8 Å². The summed E-state index contributed by atoms with van der Waals surface area (Å²) in [4.78, 5) is 28.3. The predicted molar refractivity (Wildman–Crippen MR) is 120 cm³/mol. The fourth-order valence-corrected chi connectivity index (χ4v) is 4.27. The van der Waals surface area contributed by atoms with E-state index in [0.29, 0.717) is 34.8 Å². The molecule has 2 aromatic carbocycles. The minimum atomic E-state index is -0.246. The van der Waals surface area contributed by atoms with E-state index in [1.54, 1.807) is 12.0 Å². The number of unbranched alkanes of at least 4 members (excludes halogenated alkanes) is 1. The first kappa shape index (κ1) is 20.4. The molecule has 0 aromatic heterocycles. The Morgan fingerprint density at radius 3 is 2.40 bits per heavy atom. The van der Waals surface area contributed by atoms with Gasteiger partial charge >= 0.3 is 0 Å². The molecule has 0 aliphatic carbocycles. The summed E-state index contributed by atoms with van der Waals surface area (Å²) in [5.74, 6) is 0.258. The van der Waals surface area contributed by atoms with E-state index >= 15 is 0 Å². The monoisotopic (exact) mass is 466 g/mol. The Balaban J connectivity index is 1.91. The van der Waals surface area contributed by atoms with Gasteiger partial charge in [-0.25, -0.2) is 0 Å². The molecule has 2 aliphatic heterocycles. The van der Waals surface area contributed by atoms with Crippen molar-refractivity contribution in [3.8, 4) is 5.75 Å². The molecule has 0 atom stereocenters. The van der Waals surface area contributed by atoms with Gasteiger partial charge in [0, 0.05) is 12.1 Å². The van der Waals surface area contributed by atoms with Crippen LogP contribution in [0.4, 0.5) is 0 Å².